The third kappa shape index (κ3) is 4.04. The van der Waals surface area contributed by atoms with Crippen LogP contribution in [-0.2, 0) is 4.79 Å². The molecule has 0 radical (unpaired) electrons. The summed E-state index contributed by atoms with van der Waals surface area (Å²) >= 11 is 0. The monoisotopic (exact) mass is 272 g/mol. The molecule has 0 heterocycles. The molecule has 1 rings (SSSR count). The fourth-order valence-electron chi connectivity index (χ4n) is 1.50. The fourth-order valence-corrected chi connectivity index (χ4v) is 1.50. The van der Waals surface area contributed by atoms with Gasteiger partial charge < -0.3 is 11.1 Å². The van der Waals surface area contributed by atoms with Gasteiger partial charge in [0.2, 0.25) is 0 Å². The average molecular weight is 273 g/mol. The molecule has 0 saturated heterocycles. The minimum Gasteiger partial charge on any atom is -0.388 e. The summed E-state index contributed by atoms with van der Waals surface area (Å²) in [5, 5.41) is 2.99. The van der Waals surface area contributed by atoms with Crippen molar-refractivity contribution in [3.05, 3.63) is 29.5 Å². The van der Waals surface area contributed by atoms with E-state index >= 15 is 0 Å². The summed E-state index contributed by atoms with van der Waals surface area (Å²) in [4.78, 5) is 10.7. The topological polar surface area (TPSA) is 55.1 Å². The molecule has 0 bridgehead atoms. The molecule has 1 aliphatic carbocycles. The Hall–Kier alpha value is -0.830. The zero-order valence-corrected chi connectivity index (χ0v) is 10.5. The minimum atomic E-state index is 0. The molecule has 0 fully saturated rings. The van der Waals surface area contributed by atoms with E-state index in [0.717, 1.165) is 18.5 Å². The van der Waals surface area contributed by atoms with Crippen LogP contribution in [0.2, 0.25) is 0 Å². The zero-order chi connectivity index (χ0) is 10.4. The quantitative estimate of drug-likeness (QED) is 0.760. The standard InChI is InChI=1S/C11H16N2O.BrH/c1-13-11-5-4-9(3-2-6-12)10(7-11)8-14;/h4-5,7,9,13H,2-3,6,12H2,1H3;1H. The molecule has 0 aliphatic heterocycles. The first-order chi connectivity index (χ1) is 6.81. The molecule has 0 amide bonds. The van der Waals surface area contributed by atoms with Gasteiger partial charge in [-0.15, -0.1) is 17.0 Å². The van der Waals surface area contributed by atoms with E-state index < -0.39 is 0 Å². The van der Waals surface area contributed by atoms with Crippen LogP contribution in [0.3, 0.4) is 0 Å². The third-order valence-corrected chi connectivity index (χ3v) is 2.34. The molecule has 0 aromatic heterocycles. The lowest BCUT2D eigenvalue weighted by Crippen LogP contribution is -2.12. The Morgan fingerprint density at radius 1 is 1.60 bits per heavy atom. The van der Waals surface area contributed by atoms with Crippen LogP contribution in [0.1, 0.15) is 12.8 Å². The minimum absolute atomic E-state index is 0. The highest BCUT2D eigenvalue weighted by molar-refractivity contribution is 8.93. The summed E-state index contributed by atoms with van der Waals surface area (Å²) in [7, 11) is 1.83. The summed E-state index contributed by atoms with van der Waals surface area (Å²) in [5.41, 5.74) is 7.09. The number of halogens is 1. The highest BCUT2D eigenvalue weighted by Gasteiger charge is 2.14. The molecule has 84 valence electrons. The van der Waals surface area contributed by atoms with E-state index in [-0.39, 0.29) is 22.9 Å². The lowest BCUT2D eigenvalue weighted by atomic mass is 9.90. The smallest absolute Gasteiger partial charge is 0.128 e. The molecule has 0 spiro atoms. The van der Waals surface area contributed by atoms with E-state index in [4.69, 9.17) is 5.73 Å². The second-order valence-corrected chi connectivity index (χ2v) is 3.30. The van der Waals surface area contributed by atoms with Crippen molar-refractivity contribution in [2.24, 2.45) is 11.7 Å². The molecule has 4 heteroatoms. The molecule has 3 N–H and O–H groups in total. The van der Waals surface area contributed by atoms with Gasteiger partial charge in [-0.05, 0) is 31.5 Å². The van der Waals surface area contributed by atoms with Crippen molar-refractivity contribution >= 4 is 22.9 Å². The van der Waals surface area contributed by atoms with E-state index in [1.165, 1.54) is 0 Å². The van der Waals surface area contributed by atoms with E-state index in [0.29, 0.717) is 12.1 Å². The molecular weight excluding hydrogens is 256 g/mol. The predicted octanol–water partition coefficient (Wildman–Crippen LogP) is 1.35. The summed E-state index contributed by atoms with van der Waals surface area (Å²) in [6.07, 6.45) is 7.71. The number of nitrogens with two attached hydrogens (primary N) is 1. The maximum absolute atomic E-state index is 10.7. The second kappa shape index (κ2) is 7.46. The van der Waals surface area contributed by atoms with Crippen molar-refractivity contribution < 1.29 is 4.79 Å². The lowest BCUT2D eigenvalue weighted by Gasteiger charge is -2.16. The first-order valence-corrected chi connectivity index (χ1v) is 4.84. The number of hydrogen-bond donors (Lipinski definition) is 2. The van der Waals surface area contributed by atoms with E-state index in [2.05, 4.69) is 5.32 Å². The van der Waals surface area contributed by atoms with Gasteiger partial charge in [0.25, 0.3) is 0 Å². The van der Waals surface area contributed by atoms with Crippen molar-refractivity contribution in [2.75, 3.05) is 13.6 Å². The van der Waals surface area contributed by atoms with E-state index in [1.54, 1.807) is 0 Å². The number of allylic oxidation sites excluding steroid dienone is 4. The van der Waals surface area contributed by atoms with Gasteiger partial charge in [0.1, 0.15) is 5.94 Å². The number of rotatable bonds is 4. The van der Waals surface area contributed by atoms with Gasteiger partial charge in [-0.3, -0.25) is 0 Å². The predicted molar refractivity (Wildman–Crippen MR) is 67.6 cm³/mol. The Balaban J connectivity index is 0.00000196. The molecule has 3 nitrogen and oxygen atoms in total. The van der Waals surface area contributed by atoms with Crippen molar-refractivity contribution in [2.45, 2.75) is 12.8 Å². The average Bonchev–Trinajstić information content (AvgIpc) is 2.26. The largest absolute Gasteiger partial charge is 0.388 e. The van der Waals surface area contributed by atoms with Crippen molar-refractivity contribution in [3.63, 3.8) is 0 Å². The van der Waals surface area contributed by atoms with Gasteiger partial charge in [-0.25, -0.2) is 4.79 Å². The summed E-state index contributed by atoms with van der Waals surface area (Å²) in [6.45, 7) is 0.666. The zero-order valence-electron chi connectivity index (χ0n) is 8.82. The first kappa shape index (κ1) is 14.2. The van der Waals surface area contributed by atoms with E-state index in [1.807, 2.05) is 31.2 Å². The third-order valence-electron chi connectivity index (χ3n) is 2.34. The normalized spacial score (nSPS) is 18.9. The van der Waals surface area contributed by atoms with Gasteiger partial charge in [-0.2, -0.15) is 0 Å². The van der Waals surface area contributed by atoms with Crippen molar-refractivity contribution in [1.29, 1.82) is 0 Å². The van der Waals surface area contributed by atoms with Crippen LogP contribution >= 0.6 is 17.0 Å². The summed E-state index contributed by atoms with van der Waals surface area (Å²) in [6, 6.07) is 0. The number of likely N-dealkylation sites (N-methyl/N-ethyl adjacent to an activating group) is 1. The van der Waals surface area contributed by atoms with Crippen LogP contribution in [0.5, 0.6) is 0 Å². The maximum Gasteiger partial charge on any atom is 0.128 e. The van der Waals surface area contributed by atoms with Crippen LogP contribution in [0.25, 0.3) is 0 Å². The SMILES string of the molecule is Br.CNC1=CC(=C=O)C(CCCN)C=C1. The molecule has 0 aromatic carbocycles. The van der Waals surface area contributed by atoms with Crippen LogP contribution in [0.4, 0.5) is 0 Å². The van der Waals surface area contributed by atoms with Gasteiger partial charge in [0, 0.05) is 24.2 Å². The Kier molecular flexibility index (Phi) is 7.05. The van der Waals surface area contributed by atoms with Crippen molar-refractivity contribution in [1.82, 2.24) is 5.32 Å². The fraction of sp³-hybridized carbons (Fsp3) is 0.455. The highest BCUT2D eigenvalue weighted by atomic mass is 79.9. The highest BCUT2D eigenvalue weighted by Crippen LogP contribution is 2.23. The molecule has 1 aliphatic rings. The summed E-state index contributed by atoms with van der Waals surface area (Å²) < 4.78 is 0. The molecule has 0 aromatic rings. The molecule has 15 heavy (non-hydrogen) atoms. The van der Waals surface area contributed by atoms with Gasteiger partial charge >= 0.3 is 0 Å². The number of nitrogens with one attached hydrogen (secondary N) is 1. The molecule has 0 saturated carbocycles. The summed E-state index contributed by atoms with van der Waals surface area (Å²) in [5.74, 6) is 2.17. The Morgan fingerprint density at radius 3 is 2.87 bits per heavy atom. The Morgan fingerprint density at radius 2 is 2.33 bits per heavy atom. The Bertz CT molecular complexity index is 304. The molecular formula is C11H17BrN2O. The van der Waals surface area contributed by atoms with Gasteiger partial charge in [0.05, 0.1) is 0 Å². The van der Waals surface area contributed by atoms with Crippen LogP contribution in [0, 0.1) is 5.92 Å². The molecule has 1 unspecified atom stereocenters. The van der Waals surface area contributed by atoms with Crippen LogP contribution in [-0.4, -0.2) is 19.5 Å². The van der Waals surface area contributed by atoms with E-state index in [9.17, 15) is 4.79 Å². The van der Waals surface area contributed by atoms with Crippen LogP contribution < -0.4 is 11.1 Å². The Labute approximate surface area is 101 Å². The van der Waals surface area contributed by atoms with Crippen molar-refractivity contribution in [3.8, 4) is 0 Å². The van der Waals surface area contributed by atoms with Gasteiger partial charge in [0.15, 0.2) is 0 Å². The number of hydrogen-bond acceptors (Lipinski definition) is 3. The second-order valence-electron chi connectivity index (χ2n) is 3.30. The number of carbonyl (C=O) groups excluding carboxylic acids is 1. The maximum atomic E-state index is 10.7. The van der Waals surface area contributed by atoms with Gasteiger partial charge in [-0.1, -0.05) is 6.08 Å². The first-order valence-electron chi connectivity index (χ1n) is 4.84. The molecule has 1 atom stereocenters. The van der Waals surface area contributed by atoms with Crippen LogP contribution in [0.15, 0.2) is 29.5 Å². The lowest BCUT2D eigenvalue weighted by molar-refractivity contribution is 0.560.